The maximum absolute atomic E-state index is 12.9. The van der Waals surface area contributed by atoms with Gasteiger partial charge in [-0.05, 0) is 43.2 Å². The molecule has 2 aromatic rings. The average Bonchev–Trinajstić information content (AvgIpc) is 2.71. The summed E-state index contributed by atoms with van der Waals surface area (Å²) >= 11 is 0. The summed E-state index contributed by atoms with van der Waals surface area (Å²) in [5.41, 5.74) is 2.20. The van der Waals surface area contributed by atoms with Crippen LogP contribution >= 0.6 is 0 Å². The monoisotopic (exact) mass is 418 g/mol. The van der Waals surface area contributed by atoms with E-state index >= 15 is 0 Å². The van der Waals surface area contributed by atoms with E-state index in [2.05, 4.69) is 15.0 Å². The highest BCUT2D eigenvalue weighted by molar-refractivity contribution is 7.92. The molecular weight excluding hydrogens is 392 g/mol. The molecule has 0 unspecified atom stereocenters. The lowest BCUT2D eigenvalue weighted by molar-refractivity contribution is 0.102. The van der Waals surface area contributed by atoms with E-state index in [1.165, 1.54) is 0 Å². The van der Waals surface area contributed by atoms with Crippen molar-refractivity contribution in [1.29, 1.82) is 0 Å². The number of hydrogen-bond donors (Lipinski definition) is 2. The molecule has 2 N–H and O–H groups in total. The first-order valence-electron chi connectivity index (χ1n) is 9.60. The van der Waals surface area contributed by atoms with Crippen molar-refractivity contribution in [3.8, 4) is 0 Å². The van der Waals surface area contributed by atoms with Crippen LogP contribution in [-0.4, -0.2) is 51.4 Å². The minimum absolute atomic E-state index is 0.0433. The Morgan fingerprint density at radius 1 is 1.24 bits per heavy atom. The predicted molar refractivity (Wildman–Crippen MR) is 114 cm³/mol. The number of aryl methyl sites for hydroxylation is 1. The Balaban J connectivity index is 1.80. The number of anilines is 3. The van der Waals surface area contributed by atoms with Crippen LogP contribution in [0.4, 0.5) is 17.2 Å². The molecule has 29 heavy (non-hydrogen) atoms. The number of carbonyl (C=O) groups excluding carboxylic acids is 1. The number of hydrogen-bond acceptors (Lipinski definition) is 6. The number of amides is 1. The van der Waals surface area contributed by atoms with E-state index in [0.29, 0.717) is 55.5 Å². The maximum atomic E-state index is 12.9. The molecule has 0 atom stereocenters. The second-order valence-corrected chi connectivity index (χ2v) is 8.72. The van der Waals surface area contributed by atoms with Crippen molar-refractivity contribution < 1.29 is 17.9 Å². The number of morpholine rings is 1. The number of benzene rings is 1. The van der Waals surface area contributed by atoms with E-state index in [0.717, 1.165) is 5.56 Å². The third kappa shape index (κ3) is 5.45. The Morgan fingerprint density at radius 2 is 2.00 bits per heavy atom. The fourth-order valence-electron chi connectivity index (χ4n) is 3.10. The number of sulfonamides is 1. The molecule has 1 aromatic heterocycles. The van der Waals surface area contributed by atoms with Crippen LogP contribution in [0.3, 0.4) is 0 Å². The first-order valence-corrected chi connectivity index (χ1v) is 11.2. The zero-order valence-corrected chi connectivity index (χ0v) is 17.5. The van der Waals surface area contributed by atoms with Gasteiger partial charge in [0.15, 0.2) is 0 Å². The summed E-state index contributed by atoms with van der Waals surface area (Å²) in [6.07, 6.45) is 2.18. The number of carbonyl (C=O) groups is 1. The van der Waals surface area contributed by atoms with Gasteiger partial charge in [-0.25, -0.2) is 13.4 Å². The lowest BCUT2D eigenvalue weighted by atomic mass is 10.1. The van der Waals surface area contributed by atoms with E-state index in [4.69, 9.17) is 4.74 Å². The van der Waals surface area contributed by atoms with Gasteiger partial charge in [0.05, 0.1) is 30.2 Å². The molecule has 0 radical (unpaired) electrons. The van der Waals surface area contributed by atoms with Crippen LogP contribution < -0.4 is 14.9 Å². The summed E-state index contributed by atoms with van der Waals surface area (Å²) in [5, 5.41) is 2.85. The summed E-state index contributed by atoms with van der Waals surface area (Å²) in [5.74, 6) is 0.358. The zero-order chi connectivity index (χ0) is 20.9. The second kappa shape index (κ2) is 9.23. The first-order chi connectivity index (χ1) is 13.9. The van der Waals surface area contributed by atoms with Crippen LogP contribution in [0.2, 0.25) is 0 Å². The van der Waals surface area contributed by atoms with Gasteiger partial charge in [-0.1, -0.05) is 13.0 Å². The lowest BCUT2D eigenvalue weighted by Gasteiger charge is -2.29. The van der Waals surface area contributed by atoms with Gasteiger partial charge in [-0.3, -0.25) is 9.52 Å². The van der Waals surface area contributed by atoms with Crippen LogP contribution in [-0.2, 0) is 14.8 Å². The van der Waals surface area contributed by atoms with E-state index in [1.807, 2.05) is 18.7 Å². The van der Waals surface area contributed by atoms with E-state index in [-0.39, 0.29) is 11.7 Å². The fraction of sp³-hybridized carbons (Fsp3) is 0.400. The number of ether oxygens (including phenoxy) is 1. The van der Waals surface area contributed by atoms with Crippen LogP contribution in [0.1, 0.15) is 29.3 Å². The summed E-state index contributed by atoms with van der Waals surface area (Å²) < 4.78 is 32.2. The van der Waals surface area contributed by atoms with Gasteiger partial charge in [-0.2, -0.15) is 0 Å². The third-order valence-corrected chi connectivity index (χ3v) is 6.05. The van der Waals surface area contributed by atoms with Gasteiger partial charge < -0.3 is 15.0 Å². The SMILES string of the molecule is CCCS(=O)(=O)Nc1cc(NC(=O)c2cccnc2N2CCOCC2)ccc1C. The molecule has 3 rings (SSSR count). The highest BCUT2D eigenvalue weighted by Gasteiger charge is 2.20. The standard InChI is InChI=1S/C20H26N4O4S/c1-3-13-29(26,27)23-18-14-16(7-6-15(18)2)22-20(25)17-5-4-8-21-19(17)24-9-11-28-12-10-24/h4-8,14,23H,3,9-13H2,1-2H3,(H,22,25). The molecule has 0 aliphatic carbocycles. The highest BCUT2D eigenvalue weighted by Crippen LogP contribution is 2.24. The molecule has 1 amide bonds. The minimum Gasteiger partial charge on any atom is -0.378 e. The van der Waals surface area contributed by atoms with Crippen molar-refractivity contribution in [3.63, 3.8) is 0 Å². The van der Waals surface area contributed by atoms with E-state index in [1.54, 1.807) is 36.5 Å². The Labute approximate surface area is 171 Å². The Hall–Kier alpha value is -2.65. The summed E-state index contributed by atoms with van der Waals surface area (Å²) in [4.78, 5) is 19.3. The van der Waals surface area contributed by atoms with Crippen LogP contribution in [0.15, 0.2) is 36.5 Å². The Bertz CT molecular complexity index is 972. The molecule has 0 saturated carbocycles. The lowest BCUT2D eigenvalue weighted by Crippen LogP contribution is -2.38. The first kappa shape index (κ1) is 21.1. The zero-order valence-electron chi connectivity index (χ0n) is 16.6. The largest absolute Gasteiger partial charge is 0.378 e. The van der Waals surface area contributed by atoms with Gasteiger partial charge in [-0.15, -0.1) is 0 Å². The molecule has 2 heterocycles. The summed E-state index contributed by atoms with van der Waals surface area (Å²) in [6.45, 7) is 6.15. The molecule has 1 aromatic carbocycles. The summed E-state index contributed by atoms with van der Waals surface area (Å²) in [6, 6.07) is 8.59. The quantitative estimate of drug-likeness (QED) is 0.717. The van der Waals surface area contributed by atoms with Crippen molar-refractivity contribution in [2.24, 2.45) is 0 Å². The molecule has 1 fully saturated rings. The molecule has 8 nitrogen and oxygen atoms in total. The third-order valence-electron chi connectivity index (χ3n) is 4.58. The highest BCUT2D eigenvalue weighted by atomic mass is 32.2. The van der Waals surface area contributed by atoms with Gasteiger partial charge in [0.25, 0.3) is 5.91 Å². The topological polar surface area (TPSA) is 101 Å². The van der Waals surface area contributed by atoms with Gasteiger partial charge in [0, 0.05) is 25.0 Å². The van der Waals surface area contributed by atoms with Crippen molar-refractivity contribution in [3.05, 3.63) is 47.7 Å². The number of aromatic nitrogens is 1. The van der Waals surface area contributed by atoms with E-state index in [9.17, 15) is 13.2 Å². The van der Waals surface area contributed by atoms with E-state index < -0.39 is 10.0 Å². The van der Waals surface area contributed by atoms with Crippen LogP contribution in [0.25, 0.3) is 0 Å². The van der Waals surface area contributed by atoms with Crippen molar-refractivity contribution >= 4 is 33.1 Å². The average molecular weight is 419 g/mol. The number of nitrogens with zero attached hydrogens (tertiary/aromatic N) is 2. The van der Waals surface area contributed by atoms with Crippen molar-refractivity contribution in [2.45, 2.75) is 20.3 Å². The Morgan fingerprint density at radius 3 is 2.72 bits per heavy atom. The molecular formula is C20H26N4O4S. The maximum Gasteiger partial charge on any atom is 0.259 e. The van der Waals surface area contributed by atoms with Crippen LogP contribution in [0, 0.1) is 6.92 Å². The number of rotatable bonds is 7. The molecule has 0 spiro atoms. The Kier molecular flexibility index (Phi) is 6.71. The van der Waals surface area contributed by atoms with Crippen LogP contribution in [0.5, 0.6) is 0 Å². The normalized spacial score (nSPS) is 14.5. The smallest absolute Gasteiger partial charge is 0.259 e. The van der Waals surface area contributed by atoms with Gasteiger partial charge in [0.2, 0.25) is 10.0 Å². The molecule has 156 valence electrons. The summed E-state index contributed by atoms with van der Waals surface area (Å²) in [7, 11) is -3.42. The molecule has 1 saturated heterocycles. The van der Waals surface area contributed by atoms with Gasteiger partial charge in [0.1, 0.15) is 5.82 Å². The molecule has 9 heteroatoms. The number of nitrogens with one attached hydrogen (secondary N) is 2. The molecule has 0 bridgehead atoms. The predicted octanol–water partition coefficient (Wildman–Crippen LogP) is 2.63. The van der Waals surface area contributed by atoms with Crippen molar-refractivity contribution in [2.75, 3.05) is 47.0 Å². The molecule has 1 aliphatic heterocycles. The fourth-order valence-corrected chi connectivity index (χ4v) is 4.29. The van der Waals surface area contributed by atoms with Gasteiger partial charge >= 0.3 is 0 Å². The molecule has 1 aliphatic rings. The second-order valence-electron chi connectivity index (χ2n) is 6.88. The number of pyridine rings is 1. The van der Waals surface area contributed by atoms with Crippen molar-refractivity contribution in [1.82, 2.24) is 4.98 Å². The minimum atomic E-state index is -3.42.